The van der Waals surface area contributed by atoms with Crippen molar-refractivity contribution in [3.63, 3.8) is 0 Å². The summed E-state index contributed by atoms with van der Waals surface area (Å²) in [7, 11) is 0. The van der Waals surface area contributed by atoms with Crippen LogP contribution in [-0.4, -0.2) is 29.5 Å². The van der Waals surface area contributed by atoms with E-state index in [0.717, 1.165) is 50.0 Å². The Labute approximate surface area is 146 Å². The summed E-state index contributed by atoms with van der Waals surface area (Å²) >= 11 is 1.66. The third kappa shape index (κ3) is 3.01. The number of nitrogens with zero attached hydrogens (tertiary/aromatic N) is 2. The molecule has 0 bridgehead atoms. The lowest BCUT2D eigenvalue weighted by atomic mass is 9.83. The van der Waals surface area contributed by atoms with Gasteiger partial charge in [0.15, 0.2) is 0 Å². The highest BCUT2D eigenvalue weighted by Crippen LogP contribution is 2.45. The van der Waals surface area contributed by atoms with Gasteiger partial charge in [0.2, 0.25) is 0 Å². The van der Waals surface area contributed by atoms with Crippen molar-refractivity contribution >= 4 is 11.3 Å². The summed E-state index contributed by atoms with van der Waals surface area (Å²) in [6.45, 7) is 5.83. The van der Waals surface area contributed by atoms with Crippen LogP contribution in [0, 0.1) is 11.7 Å². The summed E-state index contributed by atoms with van der Waals surface area (Å²) in [6, 6.07) is 5.35. The molecule has 1 atom stereocenters. The topological polar surface area (TPSA) is 25.4 Å². The average molecular weight is 346 g/mol. The molecule has 1 saturated heterocycles. The summed E-state index contributed by atoms with van der Waals surface area (Å²) in [6.07, 6.45) is 2.79. The van der Waals surface area contributed by atoms with E-state index in [-0.39, 0.29) is 5.82 Å². The number of benzene rings is 1. The fourth-order valence-electron chi connectivity index (χ4n) is 4.18. The molecule has 1 aromatic heterocycles. The summed E-state index contributed by atoms with van der Waals surface area (Å²) in [5.74, 6) is 0.477. The number of rotatable bonds is 4. The number of fused-ring (bicyclic) bond motifs is 2. The number of aromatic nitrogens is 1. The highest BCUT2D eigenvalue weighted by atomic mass is 32.1. The minimum atomic E-state index is -0.394. The lowest BCUT2D eigenvalue weighted by Crippen LogP contribution is -2.44. The van der Waals surface area contributed by atoms with Gasteiger partial charge in [0.1, 0.15) is 5.82 Å². The van der Waals surface area contributed by atoms with E-state index in [2.05, 4.69) is 22.2 Å². The molecule has 128 valence electrons. The third-order valence-electron chi connectivity index (χ3n) is 5.33. The highest BCUT2D eigenvalue weighted by molar-refractivity contribution is 7.07. The van der Waals surface area contributed by atoms with Gasteiger partial charge in [-0.05, 0) is 36.8 Å². The van der Waals surface area contributed by atoms with Gasteiger partial charge in [-0.25, -0.2) is 9.37 Å². The van der Waals surface area contributed by atoms with Gasteiger partial charge in [0.25, 0.3) is 0 Å². The molecule has 2 aromatic rings. The van der Waals surface area contributed by atoms with Crippen molar-refractivity contribution in [2.24, 2.45) is 5.92 Å². The van der Waals surface area contributed by atoms with E-state index < -0.39 is 5.60 Å². The Bertz CT molecular complexity index is 695. The van der Waals surface area contributed by atoms with Crippen LogP contribution in [0.1, 0.15) is 36.6 Å². The molecule has 1 fully saturated rings. The second-order valence-corrected chi connectivity index (χ2v) is 7.87. The van der Waals surface area contributed by atoms with Crippen LogP contribution >= 0.6 is 11.3 Å². The van der Waals surface area contributed by atoms with Crippen molar-refractivity contribution in [2.45, 2.75) is 38.4 Å². The fraction of sp³-hybridized carbons (Fsp3) is 0.526. The second kappa shape index (κ2) is 6.54. The minimum Gasteiger partial charge on any atom is -0.365 e. The number of ether oxygens (including phenoxy) is 1. The first-order valence-electron chi connectivity index (χ1n) is 8.67. The number of hydrogen-bond donors (Lipinski definition) is 0. The lowest BCUT2D eigenvalue weighted by molar-refractivity contribution is -0.0815. The van der Waals surface area contributed by atoms with Crippen LogP contribution in [0.4, 0.5) is 4.39 Å². The first-order chi connectivity index (χ1) is 11.7. The summed E-state index contributed by atoms with van der Waals surface area (Å²) in [5.41, 5.74) is 4.54. The van der Waals surface area contributed by atoms with Gasteiger partial charge in [-0.3, -0.25) is 0 Å². The van der Waals surface area contributed by atoms with Gasteiger partial charge >= 0.3 is 0 Å². The van der Waals surface area contributed by atoms with E-state index in [9.17, 15) is 4.39 Å². The number of piperidine rings is 1. The van der Waals surface area contributed by atoms with Crippen molar-refractivity contribution < 1.29 is 9.13 Å². The molecule has 1 spiro atoms. The maximum absolute atomic E-state index is 14.3. The number of thiazole rings is 1. The van der Waals surface area contributed by atoms with Crippen LogP contribution in [0.25, 0.3) is 0 Å². The Hall–Kier alpha value is -1.30. The maximum atomic E-state index is 14.3. The van der Waals surface area contributed by atoms with Crippen molar-refractivity contribution in [2.75, 3.05) is 19.6 Å². The highest BCUT2D eigenvalue weighted by Gasteiger charge is 2.44. The molecule has 2 aliphatic heterocycles. The Morgan fingerprint density at radius 2 is 2.21 bits per heavy atom. The average Bonchev–Trinajstić information content (AvgIpc) is 3.19. The molecule has 0 radical (unpaired) electrons. The zero-order valence-corrected chi connectivity index (χ0v) is 14.8. The molecule has 0 aliphatic carbocycles. The molecule has 0 amide bonds. The molecule has 5 heteroatoms. The SMILES string of the molecule is CC(Cc1cscn1)CN1CCC2(CC1)OCc1cccc(F)c12. The molecule has 1 unspecified atom stereocenters. The monoisotopic (exact) mass is 346 g/mol. The molecular weight excluding hydrogens is 323 g/mol. The third-order valence-corrected chi connectivity index (χ3v) is 5.97. The van der Waals surface area contributed by atoms with Crippen LogP contribution in [0.15, 0.2) is 29.1 Å². The smallest absolute Gasteiger partial charge is 0.129 e. The van der Waals surface area contributed by atoms with Crippen molar-refractivity contribution in [3.05, 3.63) is 51.7 Å². The van der Waals surface area contributed by atoms with Gasteiger partial charge in [-0.2, -0.15) is 0 Å². The van der Waals surface area contributed by atoms with E-state index in [1.807, 2.05) is 11.6 Å². The van der Waals surface area contributed by atoms with Gasteiger partial charge in [-0.1, -0.05) is 19.1 Å². The van der Waals surface area contributed by atoms with E-state index in [1.54, 1.807) is 23.5 Å². The predicted octanol–water partition coefficient (Wildman–Crippen LogP) is 3.98. The molecule has 3 nitrogen and oxygen atoms in total. The second-order valence-electron chi connectivity index (χ2n) is 7.15. The Kier molecular flexibility index (Phi) is 4.41. The molecule has 24 heavy (non-hydrogen) atoms. The van der Waals surface area contributed by atoms with E-state index in [4.69, 9.17) is 4.74 Å². The summed E-state index contributed by atoms with van der Waals surface area (Å²) in [4.78, 5) is 6.87. The summed E-state index contributed by atoms with van der Waals surface area (Å²) in [5, 5.41) is 2.13. The number of hydrogen-bond acceptors (Lipinski definition) is 4. The van der Waals surface area contributed by atoms with Gasteiger partial charge < -0.3 is 9.64 Å². The van der Waals surface area contributed by atoms with Crippen molar-refractivity contribution in [3.8, 4) is 0 Å². The van der Waals surface area contributed by atoms with Crippen LogP contribution in [0.2, 0.25) is 0 Å². The lowest BCUT2D eigenvalue weighted by Gasteiger charge is -2.40. The minimum absolute atomic E-state index is 0.102. The zero-order chi connectivity index (χ0) is 16.6. The first-order valence-corrected chi connectivity index (χ1v) is 9.62. The molecule has 4 rings (SSSR count). The van der Waals surface area contributed by atoms with Crippen molar-refractivity contribution in [1.82, 2.24) is 9.88 Å². The standard InChI is InChI=1S/C19H23FN2OS/c1-14(9-16-12-24-13-21-16)10-22-7-5-19(6-8-22)18-15(11-23-19)3-2-4-17(18)20/h2-4,12-14H,5-11H2,1H3. The fourth-order valence-corrected chi connectivity index (χ4v) is 4.75. The van der Waals surface area contributed by atoms with Crippen LogP contribution in [0.5, 0.6) is 0 Å². The largest absolute Gasteiger partial charge is 0.365 e. The molecule has 0 saturated carbocycles. The molecule has 0 N–H and O–H groups in total. The quantitative estimate of drug-likeness (QED) is 0.837. The van der Waals surface area contributed by atoms with E-state index in [1.165, 1.54) is 5.69 Å². The maximum Gasteiger partial charge on any atom is 0.129 e. The predicted molar refractivity (Wildman–Crippen MR) is 93.5 cm³/mol. The van der Waals surface area contributed by atoms with Crippen molar-refractivity contribution in [1.29, 1.82) is 0 Å². The number of halogens is 1. The normalized spacial score (nSPS) is 21.1. The van der Waals surface area contributed by atoms with Gasteiger partial charge in [0, 0.05) is 30.6 Å². The van der Waals surface area contributed by atoms with E-state index >= 15 is 0 Å². The van der Waals surface area contributed by atoms with Gasteiger partial charge in [0.05, 0.1) is 23.4 Å². The van der Waals surface area contributed by atoms with Crippen LogP contribution in [0.3, 0.4) is 0 Å². The Morgan fingerprint density at radius 3 is 2.96 bits per heavy atom. The molecule has 1 aromatic carbocycles. The van der Waals surface area contributed by atoms with E-state index in [0.29, 0.717) is 12.5 Å². The van der Waals surface area contributed by atoms with Gasteiger partial charge in [-0.15, -0.1) is 11.3 Å². The summed E-state index contributed by atoms with van der Waals surface area (Å²) < 4.78 is 20.4. The number of likely N-dealkylation sites (tertiary alicyclic amines) is 1. The zero-order valence-electron chi connectivity index (χ0n) is 14.0. The molecule has 2 aliphatic rings. The molecular formula is C19H23FN2OS. The Balaban J connectivity index is 1.38. The molecule has 3 heterocycles. The van der Waals surface area contributed by atoms with Crippen LogP contribution < -0.4 is 0 Å². The Morgan fingerprint density at radius 1 is 1.38 bits per heavy atom. The first kappa shape index (κ1) is 16.2. The van der Waals surface area contributed by atoms with Crippen LogP contribution in [-0.2, 0) is 23.4 Å².